The molecule has 0 aliphatic rings. The van der Waals surface area contributed by atoms with Crippen LogP contribution in [-0.2, 0) is 16.1 Å². The smallest absolute Gasteiger partial charge is 0.350 e. The molecule has 0 aromatic carbocycles. The van der Waals surface area contributed by atoms with Crippen LogP contribution in [0.25, 0.3) is 5.65 Å². The van der Waals surface area contributed by atoms with Crippen molar-refractivity contribution in [3.63, 3.8) is 0 Å². The van der Waals surface area contributed by atoms with E-state index in [4.69, 9.17) is 4.74 Å². The minimum absolute atomic E-state index is 0.000648. The Bertz CT molecular complexity index is 656. The van der Waals surface area contributed by atoms with Crippen LogP contribution in [0.15, 0.2) is 35.5 Å². The van der Waals surface area contributed by atoms with Crippen molar-refractivity contribution in [1.82, 2.24) is 19.2 Å². The molecule has 0 atom stereocenters. The van der Waals surface area contributed by atoms with Crippen molar-refractivity contribution in [3.8, 4) is 0 Å². The Morgan fingerprint density at radius 1 is 1.56 bits per heavy atom. The summed E-state index contributed by atoms with van der Waals surface area (Å²) in [6, 6.07) is 0. The average molecular weight is 248 g/mol. The number of esters is 1. The van der Waals surface area contributed by atoms with Gasteiger partial charge in [-0.05, 0) is 6.92 Å². The monoisotopic (exact) mass is 248 g/mol. The highest BCUT2D eigenvalue weighted by Gasteiger charge is 2.12. The third-order valence-electron chi connectivity index (χ3n) is 2.29. The molecule has 0 unspecified atom stereocenters. The van der Waals surface area contributed by atoms with Crippen LogP contribution in [0.4, 0.5) is 0 Å². The average Bonchev–Trinajstić information content (AvgIpc) is 2.67. The van der Waals surface area contributed by atoms with E-state index in [1.165, 1.54) is 23.0 Å². The molecule has 0 bridgehead atoms. The van der Waals surface area contributed by atoms with Crippen LogP contribution < -0.4 is 5.69 Å². The molecule has 0 N–H and O–H groups in total. The molecule has 0 aliphatic heterocycles. The van der Waals surface area contributed by atoms with Gasteiger partial charge in [-0.3, -0.25) is 4.98 Å². The summed E-state index contributed by atoms with van der Waals surface area (Å²) < 4.78 is 7.28. The van der Waals surface area contributed by atoms with Gasteiger partial charge in [0.15, 0.2) is 5.65 Å². The Kier molecular flexibility index (Phi) is 3.22. The van der Waals surface area contributed by atoms with Crippen molar-refractivity contribution in [1.29, 1.82) is 0 Å². The first-order valence-corrected chi connectivity index (χ1v) is 5.37. The molecule has 0 amide bonds. The normalized spacial score (nSPS) is 10.5. The van der Waals surface area contributed by atoms with Gasteiger partial charge >= 0.3 is 11.7 Å². The predicted octanol–water partition coefficient (Wildman–Crippen LogP) is 0.0103. The number of hydrogen-bond acceptors (Lipinski definition) is 5. The van der Waals surface area contributed by atoms with Crippen LogP contribution in [0.5, 0.6) is 0 Å². The van der Waals surface area contributed by atoms with Gasteiger partial charge in [0.1, 0.15) is 0 Å². The minimum Gasteiger partial charge on any atom is -0.463 e. The molecule has 18 heavy (non-hydrogen) atoms. The number of ether oxygens (including phenoxy) is 1. The maximum absolute atomic E-state index is 11.9. The summed E-state index contributed by atoms with van der Waals surface area (Å²) in [6.07, 6.45) is 4.46. The number of carbonyl (C=O) groups is 1. The summed E-state index contributed by atoms with van der Waals surface area (Å²) in [5, 5.41) is 4.03. The first kappa shape index (κ1) is 12.0. The zero-order valence-electron chi connectivity index (χ0n) is 9.87. The molecule has 7 heteroatoms. The molecule has 0 fully saturated rings. The lowest BCUT2D eigenvalue weighted by atomic mass is 10.3. The van der Waals surface area contributed by atoms with E-state index in [1.54, 1.807) is 6.92 Å². The van der Waals surface area contributed by atoms with Crippen LogP contribution in [0, 0.1) is 0 Å². The zero-order chi connectivity index (χ0) is 13.1. The molecule has 0 saturated carbocycles. The summed E-state index contributed by atoms with van der Waals surface area (Å²) in [5.74, 6) is -0.528. The summed E-state index contributed by atoms with van der Waals surface area (Å²) >= 11 is 0. The first-order valence-electron chi connectivity index (χ1n) is 5.37. The molecule has 2 rings (SSSR count). The van der Waals surface area contributed by atoms with Crippen LogP contribution in [-0.4, -0.2) is 31.7 Å². The number of aromatic nitrogens is 4. The fourth-order valence-electron chi connectivity index (χ4n) is 1.46. The van der Waals surface area contributed by atoms with Crippen molar-refractivity contribution in [2.45, 2.75) is 13.5 Å². The Morgan fingerprint density at radius 2 is 2.33 bits per heavy atom. The van der Waals surface area contributed by atoms with E-state index < -0.39 is 5.97 Å². The number of nitrogens with zero attached hydrogens (tertiary/aromatic N) is 4. The molecule has 2 aromatic heterocycles. The van der Waals surface area contributed by atoms with Gasteiger partial charge in [0, 0.05) is 12.4 Å². The lowest BCUT2D eigenvalue weighted by Crippen LogP contribution is -2.24. The van der Waals surface area contributed by atoms with Gasteiger partial charge in [-0.2, -0.15) is 0 Å². The molecule has 2 heterocycles. The molecule has 2 aromatic rings. The number of rotatable bonds is 4. The Labute approximate surface area is 102 Å². The SMILES string of the molecule is C=C(Cn1nc2cnccn2c1=O)C(=O)OCC. The van der Waals surface area contributed by atoms with Gasteiger partial charge in [-0.15, -0.1) is 5.10 Å². The van der Waals surface area contributed by atoms with Crippen molar-refractivity contribution in [3.05, 3.63) is 41.2 Å². The van der Waals surface area contributed by atoms with Gasteiger partial charge in [0.25, 0.3) is 0 Å². The molecule has 94 valence electrons. The maximum atomic E-state index is 11.9. The number of hydrogen-bond donors (Lipinski definition) is 0. The van der Waals surface area contributed by atoms with Crippen LogP contribution in [0.2, 0.25) is 0 Å². The highest BCUT2D eigenvalue weighted by molar-refractivity contribution is 5.87. The van der Waals surface area contributed by atoms with E-state index in [0.29, 0.717) is 5.65 Å². The topological polar surface area (TPSA) is 78.5 Å². The summed E-state index contributed by atoms with van der Waals surface area (Å²) in [6.45, 7) is 5.55. The van der Waals surface area contributed by atoms with Gasteiger partial charge in [0.2, 0.25) is 0 Å². The zero-order valence-corrected chi connectivity index (χ0v) is 9.87. The second-order valence-corrected chi connectivity index (χ2v) is 3.57. The quantitative estimate of drug-likeness (QED) is 0.562. The van der Waals surface area contributed by atoms with Crippen LogP contribution in [0.1, 0.15) is 6.92 Å². The fourth-order valence-corrected chi connectivity index (χ4v) is 1.46. The second-order valence-electron chi connectivity index (χ2n) is 3.57. The van der Waals surface area contributed by atoms with E-state index in [9.17, 15) is 9.59 Å². The Hall–Kier alpha value is -2.44. The van der Waals surface area contributed by atoms with Crippen molar-refractivity contribution >= 4 is 11.6 Å². The van der Waals surface area contributed by atoms with E-state index in [2.05, 4.69) is 16.7 Å². The van der Waals surface area contributed by atoms with E-state index in [1.807, 2.05) is 0 Å². The molecule has 0 radical (unpaired) electrons. The molecule has 7 nitrogen and oxygen atoms in total. The highest BCUT2D eigenvalue weighted by Crippen LogP contribution is 1.99. The summed E-state index contributed by atoms with van der Waals surface area (Å²) in [5.41, 5.74) is 0.243. The predicted molar refractivity (Wildman–Crippen MR) is 63.0 cm³/mol. The molecule has 0 spiro atoms. The summed E-state index contributed by atoms with van der Waals surface area (Å²) in [7, 11) is 0. The Morgan fingerprint density at radius 3 is 3.00 bits per heavy atom. The standard InChI is InChI=1S/C11H12N4O3/c1-3-18-10(16)8(2)7-15-11(17)14-5-4-12-6-9(14)13-15/h4-6H,2-3,7H2,1H3. The third-order valence-corrected chi connectivity index (χ3v) is 2.29. The largest absolute Gasteiger partial charge is 0.463 e. The molecular formula is C11H12N4O3. The third kappa shape index (κ3) is 2.15. The van der Waals surface area contributed by atoms with Gasteiger partial charge in [-0.25, -0.2) is 18.7 Å². The van der Waals surface area contributed by atoms with Crippen LogP contribution in [0.3, 0.4) is 0 Å². The molecule has 0 aliphatic carbocycles. The van der Waals surface area contributed by atoms with Crippen molar-refractivity contribution < 1.29 is 9.53 Å². The van der Waals surface area contributed by atoms with Gasteiger partial charge < -0.3 is 4.74 Å². The van der Waals surface area contributed by atoms with Crippen molar-refractivity contribution in [2.75, 3.05) is 6.61 Å². The number of fused-ring (bicyclic) bond motifs is 1. The van der Waals surface area contributed by atoms with E-state index >= 15 is 0 Å². The fraction of sp³-hybridized carbons (Fsp3) is 0.273. The summed E-state index contributed by atoms with van der Waals surface area (Å²) in [4.78, 5) is 27.1. The second kappa shape index (κ2) is 4.82. The van der Waals surface area contributed by atoms with Crippen LogP contribution >= 0.6 is 0 Å². The number of carbonyl (C=O) groups excluding carboxylic acids is 1. The molecule has 0 saturated heterocycles. The lowest BCUT2D eigenvalue weighted by Gasteiger charge is -2.03. The highest BCUT2D eigenvalue weighted by atomic mass is 16.5. The maximum Gasteiger partial charge on any atom is 0.350 e. The van der Waals surface area contributed by atoms with E-state index in [0.717, 1.165) is 4.68 Å². The van der Waals surface area contributed by atoms with Gasteiger partial charge in [0.05, 0.1) is 24.9 Å². The van der Waals surface area contributed by atoms with Gasteiger partial charge in [-0.1, -0.05) is 6.58 Å². The molecular weight excluding hydrogens is 236 g/mol. The Balaban J connectivity index is 2.27. The van der Waals surface area contributed by atoms with E-state index in [-0.39, 0.29) is 24.4 Å². The first-order chi connectivity index (χ1) is 8.63. The van der Waals surface area contributed by atoms with Crippen molar-refractivity contribution in [2.24, 2.45) is 0 Å². The lowest BCUT2D eigenvalue weighted by molar-refractivity contribution is -0.138. The minimum atomic E-state index is -0.528.